The van der Waals surface area contributed by atoms with E-state index in [1.54, 1.807) is 18.2 Å². The molecule has 2 rings (SSSR count). The van der Waals surface area contributed by atoms with Gasteiger partial charge in [0.15, 0.2) is 0 Å². The Labute approximate surface area is 138 Å². The standard InChI is InChI=1S/C14H10Br2Cl2O/c1-7-5-11(16)9(6-10(7)15)14(19)8-3-2-4-12(17)13(8)18/h2-6,14,19H,1H3. The van der Waals surface area contributed by atoms with Crippen LogP contribution in [0.2, 0.25) is 10.0 Å². The van der Waals surface area contributed by atoms with Gasteiger partial charge in [0, 0.05) is 20.1 Å². The fraction of sp³-hybridized carbons (Fsp3) is 0.143. The number of benzene rings is 2. The average Bonchev–Trinajstić information content (AvgIpc) is 2.36. The Morgan fingerprint density at radius 1 is 1.05 bits per heavy atom. The van der Waals surface area contributed by atoms with Crippen LogP contribution in [0, 0.1) is 6.92 Å². The van der Waals surface area contributed by atoms with Crippen LogP contribution in [0.15, 0.2) is 39.3 Å². The largest absolute Gasteiger partial charge is 0.384 e. The zero-order valence-corrected chi connectivity index (χ0v) is 14.6. The minimum Gasteiger partial charge on any atom is -0.384 e. The molecule has 0 bridgehead atoms. The van der Waals surface area contributed by atoms with E-state index < -0.39 is 6.10 Å². The molecule has 0 amide bonds. The van der Waals surface area contributed by atoms with Crippen molar-refractivity contribution >= 4 is 55.1 Å². The van der Waals surface area contributed by atoms with Gasteiger partial charge in [0.05, 0.1) is 10.0 Å². The van der Waals surface area contributed by atoms with Crippen LogP contribution < -0.4 is 0 Å². The van der Waals surface area contributed by atoms with E-state index in [0.29, 0.717) is 15.6 Å². The van der Waals surface area contributed by atoms with Crippen molar-refractivity contribution in [2.24, 2.45) is 0 Å². The molecule has 1 atom stereocenters. The Balaban J connectivity index is 2.53. The predicted octanol–water partition coefficient (Wildman–Crippen LogP) is 5.91. The van der Waals surface area contributed by atoms with Gasteiger partial charge in [-0.1, -0.05) is 67.2 Å². The normalized spacial score (nSPS) is 12.5. The molecular formula is C14H10Br2Cl2O. The fourth-order valence-corrected chi connectivity index (χ4v) is 3.22. The lowest BCUT2D eigenvalue weighted by Crippen LogP contribution is -2.02. The molecule has 0 saturated heterocycles. The summed E-state index contributed by atoms with van der Waals surface area (Å²) in [5, 5.41) is 11.3. The van der Waals surface area contributed by atoms with Crippen molar-refractivity contribution in [1.29, 1.82) is 0 Å². The highest BCUT2D eigenvalue weighted by molar-refractivity contribution is 9.11. The third kappa shape index (κ3) is 3.17. The predicted molar refractivity (Wildman–Crippen MR) is 87.1 cm³/mol. The molecule has 0 saturated carbocycles. The van der Waals surface area contributed by atoms with Crippen molar-refractivity contribution in [3.05, 3.63) is 66.0 Å². The molecule has 0 aliphatic heterocycles. The molecule has 0 aromatic heterocycles. The molecule has 0 fully saturated rings. The second-order valence-electron chi connectivity index (χ2n) is 4.17. The van der Waals surface area contributed by atoms with E-state index in [1.165, 1.54) is 0 Å². The van der Waals surface area contributed by atoms with Crippen LogP contribution in [0.3, 0.4) is 0 Å². The second kappa shape index (κ2) is 6.15. The zero-order chi connectivity index (χ0) is 14.2. The summed E-state index contributed by atoms with van der Waals surface area (Å²) in [6.07, 6.45) is -0.836. The summed E-state index contributed by atoms with van der Waals surface area (Å²) in [6.45, 7) is 1.98. The smallest absolute Gasteiger partial charge is 0.107 e. The molecule has 0 spiro atoms. The van der Waals surface area contributed by atoms with Gasteiger partial charge in [0.1, 0.15) is 6.10 Å². The lowest BCUT2D eigenvalue weighted by atomic mass is 10.0. The van der Waals surface area contributed by atoms with Gasteiger partial charge in [-0.05, 0) is 30.7 Å². The topological polar surface area (TPSA) is 20.2 Å². The first kappa shape index (κ1) is 15.3. The summed E-state index contributed by atoms with van der Waals surface area (Å²) >= 11 is 19.0. The van der Waals surface area contributed by atoms with Crippen LogP contribution in [0.4, 0.5) is 0 Å². The fourth-order valence-electron chi connectivity index (χ4n) is 1.77. The number of halogens is 4. The van der Waals surface area contributed by atoms with E-state index in [1.807, 2.05) is 19.1 Å². The Bertz CT molecular complexity index is 629. The molecule has 1 unspecified atom stereocenters. The van der Waals surface area contributed by atoms with Gasteiger partial charge in [-0.3, -0.25) is 0 Å². The van der Waals surface area contributed by atoms with Gasteiger partial charge in [0.25, 0.3) is 0 Å². The van der Waals surface area contributed by atoms with Crippen LogP contribution in [0.1, 0.15) is 22.8 Å². The number of aliphatic hydroxyl groups excluding tert-OH is 1. The van der Waals surface area contributed by atoms with E-state index >= 15 is 0 Å². The molecule has 1 nitrogen and oxygen atoms in total. The van der Waals surface area contributed by atoms with E-state index in [2.05, 4.69) is 31.9 Å². The Kier molecular flexibility index (Phi) is 4.96. The summed E-state index contributed by atoms with van der Waals surface area (Å²) in [6, 6.07) is 9.05. The summed E-state index contributed by atoms with van der Waals surface area (Å²) in [5.41, 5.74) is 2.41. The lowest BCUT2D eigenvalue weighted by molar-refractivity contribution is 0.219. The van der Waals surface area contributed by atoms with Crippen molar-refractivity contribution in [2.45, 2.75) is 13.0 Å². The quantitative estimate of drug-likeness (QED) is 0.635. The SMILES string of the molecule is Cc1cc(Br)c(C(O)c2cccc(Cl)c2Cl)cc1Br. The number of rotatable bonds is 2. The van der Waals surface area contributed by atoms with E-state index in [-0.39, 0.29) is 0 Å². The van der Waals surface area contributed by atoms with Crippen molar-refractivity contribution < 1.29 is 5.11 Å². The number of hydrogen-bond donors (Lipinski definition) is 1. The maximum absolute atomic E-state index is 10.5. The third-order valence-electron chi connectivity index (χ3n) is 2.85. The highest BCUT2D eigenvalue weighted by atomic mass is 79.9. The first-order valence-electron chi connectivity index (χ1n) is 5.49. The number of aryl methyl sites for hydroxylation is 1. The molecule has 0 aliphatic rings. The first-order valence-corrected chi connectivity index (χ1v) is 7.83. The highest BCUT2D eigenvalue weighted by Crippen LogP contribution is 2.37. The minimum atomic E-state index is -0.836. The monoisotopic (exact) mass is 422 g/mol. The lowest BCUT2D eigenvalue weighted by Gasteiger charge is -2.16. The van der Waals surface area contributed by atoms with E-state index in [0.717, 1.165) is 20.1 Å². The summed E-state index contributed by atoms with van der Waals surface area (Å²) in [7, 11) is 0. The molecule has 100 valence electrons. The highest BCUT2D eigenvalue weighted by Gasteiger charge is 2.19. The van der Waals surface area contributed by atoms with Crippen LogP contribution >= 0.6 is 55.1 Å². The van der Waals surface area contributed by atoms with E-state index in [4.69, 9.17) is 23.2 Å². The van der Waals surface area contributed by atoms with Crippen molar-refractivity contribution in [3.63, 3.8) is 0 Å². The summed E-state index contributed by atoms with van der Waals surface area (Å²) in [4.78, 5) is 0. The Hall–Kier alpha value is -0.0600. The Morgan fingerprint density at radius 2 is 1.74 bits per heavy atom. The summed E-state index contributed by atoms with van der Waals surface area (Å²) < 4.78 is 1.76. The summed E-state index contributed by atoms with van der Waals surface area (Å²) in [5.74, 6) is 0. The van der Waals surface area contributed by atoms with Crippen LogP contribution in [0.25, 0.3) is 0 Å². The number of aliphatic hydroxyl groups is 1. The van der Waals surface area contributed by atoms with Crippen LogP contribution in [-0.4, -0.2) is 5.11 Å². The molecule has 2 aromatic rings. The molecular weight excluding hydrogens is 415 g/mol. The van der Waals surface area contributed by atoms with Crippen molar-refractivity contribution in [2.75, 3.05) is 0 Å². The van der Waals surface area contributed by atoms with Gasteiger partial charge in [-0.15, -0.1) is 0 Å². The van der Waals surface area contributed by atoms with Gasteiger partial charge >= 0.3 is 0 Å². The maximum atomic E-state index is 10.5. The maximum Gasteiger partial charge on any atom is 0.107 e. The van der Waals surface area contributed by atoms with Crippen LogP contribution in [0.5, 0.6) is 0 Å². The van der Waals surface area contributed by atoms with Crippen LogP contribution in [-0.2, 0) is 0 Å². The second-order valence-corrected chi connectivity index (χ2v) is 6.66. The first-order chi connectivity index (χ1) is 8.91. The minimum absolute atomic E-state index is 0.375. The van der Waals surface area contributed by atoms with Gasteiger partial charge in [-0.2, -0.15) is 0 Å². The van der Waals surface area contributed by atoms with Crippen molar-refractivity contribution in [3.8, 4) is 0 Å². The van der Waals surface area contributed by atoms with Gasteiger partial charge < -0.3 is 5.11 Å². The zero-order valence-electron chi connectivity index (χ0n) is 9.92. The molecule has 1 N–H and O–H groups in total. The average molecular weight is 425 g/mol. The molecule has 0 aliphatic carbocycles. The number of hydrogen-bond acceptors (Lipinski definition) is 1. The molecule has 19 heavy (non-hydrogen) atoms. The molecule has 2 aromatic carbocycles. The molecule has 0 heterocycles. The molecule has 5 heteroatoms. The van der Waals surface area contributed by atoms with Gasteiger partial charge in [0.2, 0.25) is 0 Å². The van der Waals surface area contributed by atoms with E-state index in [9.17, 15) is 5.11 Å². The molecule has 0 radical (unpaired) electrons. The van der Waals surface area contributed by atoms with Gasteiger partial charge in [-0.25, -0.2) is 0 Å². The Morgan fingerprint density at radius 3 is 2.42 bits per heavy atom. The van der Waals surface area contributed by atoms with Crippen molar-refractivity contribution in [1.82, 2.24) is 0 Å². The third-order valence-corrected chi connectivity index (χ3v) is 5.22.